The van der Waals surface area contributed by atoms with Crippen LogP contribution in [0.3, 0.4) is 0 Å². The van der Waals surface area contributed by atoms with Crippen molar-refractivity contribution in [3.05, 3.63) is 35.6 Å². The van der Waals surface area contributed by atoms with Gasteiger partial charge in [0.25, 0.3) is 0 Å². The fourth-order valence-electron chi connectivity index (χ4n) is 3.00. The average molecular weight is 279 g/mol. The Kier molecular flexibility index (Phi) is 5.13. The summed E-state index contributed by atoms with van der Waals surface area (Å²) < 4.78 is 13.7. The van der Waals surface area contributed by atoms with Crippen LogP contribution in [-0.4, -0.2) is 55.1 Å². The second kappa shape index (κ2) is 6.66. The van der Waals surface area contributed by atoms with Gasteiger partial charge in [0.2, 0.25) is 0 Å². The first-order valence-corrected chi connectivity index (χ1v) is 7.37. The van der Waals surface area contributed by atoms with Crippen LogP contribution in [0.5, 0.6) is 0 Å². The highest BCUT2D eigenvalue weighted by Crippen LogP contribution is 2.18. The highest BCUT2D eigenvalue weighted by molar-refractivity contribution is 5.17. The maximum absolute atomic E-state index is 13.7. The van der Waals surface area contributed by atoms with Crippen molar-refractivity contribution in [3.63, 3.8) is 0 Å². The predicted octanol–water partition coefficient (Wildman–Crippen LogP) is 1.94. The summed E-state index contributed by atoms with van der Waals surface area (Å²) in [5, 5.41) is 3.38. The van der Waals surface area contributed by atoms with E-state index in [0.717, 1.165) is 38.3 Å². The molecule has 4 heteroatoms. The molecule has 20 heavy (non-hydrogen) atoms. The van der Waals surface area contributed by atoms with Gasteiger partial charge in [-0.15, -0.1) is 0 Å². The number of nitrogens with one attached hydrogen (secondary N) is 1. The molecule has 1 aliphatic rings. The third-order valence-electron chi connectivity index (χ3n) is 4.03. The van der Waals surface area contributed by atoms with Crippen LogP contribution in [0.25, 0.3) is 0 Å². The van der Waals surface area contributed by atoms with Crippen molar-refractivity contribution in [2.45, 2.75) is 25.9 Å². The topological polar surface area (TPSA) is 18.5 Å². The lowest BCUT2D eigenvalue weighted by atomic mass is 10.0. The molecule has 1 aliphatic heterocycles. The third-order valence-corrected chi connectivity index (χ3v) is 4.03. The van der Waals surface area contributed by atoms with Crippen LogP contribution in [-0.2, 0) is 6.54 Å². The van der Waals surface area contributed by atoms with E-state index in [9.17, 15) is 4.39 Å². The van der Waals surface area contributed by atoms with Crippen LogP contribution in [0.15, 0.2) is 24.3 Å². The van der Waals surface area contributed by atoms with Gasteiger partial charge < -0.3 is 10.2 Å². The first-order valence-electron chi connectivity index (χ1n) is 7.37. The summed E-state index contributed by atoms with van der Waals surface area (Å²) in [5.74, 6) is -0.112. The summed E-state index contributed by atoms with van der Waals surface area (Å²) in [4.78, 5) is 4.72. The van der Waals surface area contributed by atoms with E-state index in [-0.39, 0.29) is 11.4 Å². The molecule has 0 radical (unpaired) electrons. The molecule has 0 atom stereocenters. The lowest BCUT2D eigenvalue weighted by molar-refractivity contribution is 0.0690. The number of piperazine rings is 1. The minimum absolute atomic E-state index is 0.112. The van der Waals surface area contributed by atoms with Gasteiger partial charge >= 0.3 is 0 Å². The van der Waals surface area contributed by atoms with E-state index >= 15 is 0 Å². The lowest BCUT2D eigenvalue weighted by Crippen LogP contribution is -2.57. The monoisotopic (exact) mass is 279 g/mol. The minimum atomic E-state index is -0.112. The number of hydrogen-bond donors (Lipinski definition) is 1. The summed E-state index contributed by atoms with van der Waals surface area (Å²) in [5.41, 5.74) is 0.883. The molecule has 0 spiro atoms. The highest BCUT2D eigenvalue weighted by atomic mass is 19.1. The molecule has 1 fully saturated rings. The normalized spacial score (nSPS) is 17.6. The first kappa shape index (κ1) is 15.4. The number of hydrogen-bond acceptors (Lipinski definition) is 3. The van der Waals surface area contributed by atoms with E-state index in [2.05, 4.69) is 36.0 Å². The second-order valence-corrected chi connectivity index (χ2v) is 6.31. The number of benzene rings is 1. The predicted molar refractivity (Wildman–Crippen MR) is 81.3 cm³/mol. The van der Waals surface area contributed by atoms with Crippen molar-refractivity contribution in [2.24, 2.45) is 0 Å². The summed E-state index contributed by atoms with van der Waals surface area (Å²) in [6.45, 7) is 10.4. The van der Waals surface area contributed by atoms with Gasteiger partial charge in [-0.25, -0.2) is 4.39 Å². The van der Waals surface area contributed by atoms with Crippen molar-refractivity contribution in [2.75, 3.05) is 39.8 Å². The molecule has 1 saturated heterocycles. The molecular formula is C16H26FN3. The zero-order chi connectivity index (χ0) is 14.6. The van der Waals surface area contributed by atoms with Crippen LogP contribution >= 0.6 is 0 Å². The molecule has 0 aliphatic carbocycles. The number of rotatable bonds is 5. The van der Waals surface area contributed by atoms with Crippen LogP contribution in [0.4, 0.5) is 4.39 Å². The Morgan fingerprint density at radius 3 is 2.55 bits per heavy atom. The minimum Gasteiger partial charge on any atom is -0.314 e. The van der Waals surface area contributed by atoms with Crippen molar-refractivity contribution >= 4 is 0 Å². The van der Waals surface area contributed by atoms with Crippen molar-refractivity contribution in [1.29, 1.82) is 0 Å². The van der Waals surface area contributed by atoms with Gasteiger partial charge in [0.05, 0.1) is 0 Å². The number of nitrogens with zero attached hydrogens (tertiary/aromatic N) is 2. The fraction of sp³-hybridized carbons (Fsp3) is 0.625. The van der Waals surface area contributed by atoms with Crippen LogP contribution in [0.2, 0.25) is 0 Å². The Hall–Kier alpha value is -0.970. The Morgan fingerprint density at radius 1 is 1.25 bits per heavy atom. The standard InChI is InChI=1S/C16H26FN3/c1-16(2,20-10-8-18-9-11-20)13-19(3)12-14-6-4-5-7-15(14)17/h4-7,18H,8-13H2,1-3H3. The molecule has 1 aromatic carbocycles. The maximum Gasteiger partial charge on any atom is 0.127 e. The van der Waals surface area contributed by atoms with Crippen LogP contribution in [0, 0.1) is 5.82 Å². The van der Waals surface area contributed by atoms with Crippen LogP contribution < -0.4 is 5.32 Å². The van der Waals surface area contributed by atoms with E-state index in [4.69, 9.17) is 0 Å². The van der Waals surface area contributed by atoms with Gasteiger partial charge in [-0.3, -0.25) is 4.90 Å². The van der Waals surface area contributed by atoms with Crippen molar-refractivity contribution < 1.29 is 4.39 Å². The second-order valence-electron chi connectivity index (χ2n) is 6.31. The Labute approximate surface area is 121 Å². The van der Waals surface area contributed by atoms with E-state index < -0.39 is 0 Å². The Bertz CT molecular complexity index is 427. The van der Waals surface area contributed by atoms with Gasteiger partial charge in [-0.2, -0.15) is 0 Å². The van der Waals surface area contributed by atoms with Gasteiger partial charge in [0, 0.05) is 50.4 Å². The molecule has 112 valence electrons. The molecule has 1 aromatic rings. The summed E-state index contributed by atoms with van der Waals surface area (Å²) in [7, 11) is 2.07. The molecule has 1 N–H and O–H groups in total. The third kappa shape index (κ3) is 4.01. The summed E-state index contributed by atoms with van der Waals surface area (Å²) >= 11 is 0. The quantitative estimate of drug-likeness (QED) is 0.888. The average Bonchev–Trinajstić information content (AvgIpc) is 2.42. The zero-order valence-corrected chi connectivity index (χ0v) is 12.8. The van der Waals surface area contributed by atoms with E-state index in [1.165, 1.54) is 6.07 Å². The fourth-order valence-corrected chi connectivity index (χ4v) is 3.00. The molecule has 0 aromatic heterocycles. The van der Waals surface area contributed by atoms with Gasteiger partial charge in [0.15, 0.2) is 0 Å². The smallest absolute Gasteiger partial charge is 0.127 e. The molecule has 1 heterocycles. The maximum atomic E-state index is 13.7. The van der Waals surface area contributed by atoms with Gasteiger partial charge in [0.1, 0.15) is 5.82 Å². The van der Waals surface area contributed by atoms with Crippen molar-refractivity contribution in [3.8, 4) is 0 Å². The molecule has 2 rings (SSSR count). The number of likely N-dealkylation sites (N-methyl/N-ethyl adjacent to an activating group) is 1. The van der Waals surface area contributed by atoms with Gasteiger partial charge in [-0.1, -0.05) is 18.2 Å². The lowest BCUT2D eigenvalue weighted by Gasteiger charge is -2.43. The molecule has 0 bridgehead atoms. The molecule has 0 unspecified atom stereocenters. The SMILES string of the molecule is CN(Cc1ccccc1F)CC(C)(C)N1CCNCC1. The van der Waals surface area contributed by atoms with Crippen molar-refractivity contribution in [1.82, 2.24) is 15.1 Å². The van der Waals surface area contributed by atoms with E-state index in [1.54, 1.807) is 6.07 Å². The molecule has 0 amide bonds. The summed E-state index contributed by atoms with van der Waals surface area (Å²) in [6, 6.07) is 7.03. The van der Waals surface area contributed by atoms with E-state index in [1.807, 2.05) is 12.1 Å². The Morgan fingerprint density at radius 2 is 1.90 bits per heavy atom. The molecular weight excluding hydrogens is 253 g/mol. The Balaban J connectivity index is 1.93. The number of halogens is 1. The molecule has 3 nitrogen and oxygen atoms in total. The molecule has 0 saturated carbocycles. The van der Waals surface area contributed by atoms with E-state index in [0.29, 0.717) is 6.54 Å². The highest BCUT2D eigenvalue weighted by Gasteiger charge is 2.29. The van der Waals surface area contributed by atoms with Crippen LogP contribution in [0.1, 0.15) is 19.4 Å². The first-order chi connectivity index (χ1) is 9.49. The van der Waals surface area contributed by atoms with Gasteiger partial charge in [-0.05, 0) is 27.0 Å². The zero-order valence-electron chi connectivity index (χ0n) is 12.8. The summed E-state index contributed by atoms with van der Waals surface area (Å²) in [6.07, 6.45) is 0. The largest absolute Gasteiger partial charge is 0.314 e.